The standard InChI is InChI=1S/C34H36N4O4.C2HF3O2/c1-34(2,3)24-12-10-23(11-13-24)31(39)38-30-21-26(37-33(41)29(35)20-22-8-6-5-7-9-22)16-19-28(30)32(40)36-25-14-17-27(42-4)18-15-25;3-2(4,5)1(6)7/h5-19,21,29H,20,35H2,1-4H3,(H,36,40)(H,37,41)(H,38,39);(H,6,7)/t29-;/m0./s1. The van der Waals surface area contributed by atoms with Crippen LogP contribution in [0.5, 0.6) is 5.75 Å². The fourth-order valence-corrected chi connectivity index (χ4v) is 4.31. The van der Waals surface area contributed by atoms with E-state index < -0.39 is 30.0 Å². The molecule has 4 aromatic rings. The molecular formula is C36H37F3N4O6. The number of rotatable bonds is 9. The molecule has 10 nitrogen and oxygen atoms in total. The number of ether oxygens (including phenoxy) is 1. The highest BCUT2D eigenvalue weighted by Gasteiger charge is 2.38. The van der Waals surface area contributed by atoms with Crippen LogP contribution in [-0.2, 0) is 21.4 Å². The zero-order chi connectivity index (χ0) is 36.4. The molecule has 0 unspecified atom stereocenters. The van der Waals surface area contributed by atoms with E-state index in [4.69, 9.17) is 20.4 Å². The molecule has 49 heavy (non-hydrogen) atoms. The number of nitrogens with one attached hydrogen (secondary N) is 3. The molecule has 4 aromatic carbocycles. The normalized spacial score (nSPS) is 11.7. The summed E-state index contributed by atoms with van der Waals surface area (Å²) in [6, 6.07) is 27.6. The van der Waals surface area contributed by atoms with Crippen LogP contribution in [0.15, 0.2) is 97.1 Å². The van der Waals surface area contributed by atoms with Crippen LogP contribution in [0.1, 0.15) is 52.6 Å². The highest BCUT2D eigenvalue weighted by molar-refractivity contribution is 6.13. The van der Waals surface area contributed by atoms with Crippen LogP contribution in [0.3, 0.4) is 0 Å². The smallest absolute Gasteiger partial charge is 0.490 e. The second-order valence-corrected chi connectivity index (χ2v) is 11.8. The van der Waals surface area contributed by atoms with Crippen LogP contribution in [0, 0.1) is 0 Å². The van der Waals surface area contributed by atoms with Gasteiger partial charge in [-0.25, -0.2) is 4.79 Å². The second-order valence-electron chi connectivity index (χ2n) is 11.8. The van der Waals surface area contributed by atoms with Gasteiger partial charge in [0.1, 0.15) is 5.75 Å². The topological polar surface area (TPSA) is 160 Å². The first-order chi connectivity index (χ1) is 23.0. The predicted octanol–water partition coefficient (Wildman–Crippen LogP) is 6.64. The van der Waals surface area contributed by atoms with E-state index in [1.54, 1.807) is 61.7 Å². The van der Waals surface area contributed by atoms with Crippen molar-refractivity contribution >= 4 is 40.8 Å². The molecule has 0 spiro atoms. The minimum atomic E-state index is -5.08. The summed E-state index contributed by atoms with van der Waals surface area (Å²) in [7, 11) is 1.56. The van der Waals surface area contributed by atoms with E-state index in [2.05, 4.69) is 36.7 Å². The Hall–Kier alpha value is -5.69. The molecule has 0 aliphatic heterocycles. The molecule has 0 bridgehead atoms. The number of anilines is 3. The molecule has 0 radical (unpaired) electrons. The predicted molar refractivity (Wildman–Crippen MR) is 181 cm³/mol. The molecule has 6 N–H and O–H groups in total. The van der Waals surface area contributed by atoms with Gasteiger partial charge in [0.2, 0.25) is 5.91 Å². The number of aliphatic carboxylic acids is 1. The minimum absolute atomic E-state index is 0.0599. The van der Waals surface area contributed by atoms with E-state index in [9.17, 15) is 27.6 Å². The summed E-state index contributed by atoms with van der Waals surface area (Å²) in [5.41, 5.74) is 9.98. The quantitative estimate of drug-likeness (QED) is 0.133. The fraction of sp³-hybridized carbons (Fsp3) is 0.222. The molecule has 4 rings (SSSR count). The summed E-state index contributed by atoms with van der Waals surface area (Å²) >= 11 is 0. The Morgan fingerprint density at radius 3 is 1.88 bits per heavy atom. The molecular weight excluding hydrogens is 641 g/mol. The zero-order valence-electron chi connectivity index (χ0n) is 27.2. The maximum absolute atomic E-state index is 13.3. The number of amides is 3. The Bertz CT molecular complexity index is 1760. The van der Waals surface area contributed by atoms with Gasteiger partial charge in [-0.15, -0.1) is 0 Å². The Morgan fingerprint density at radius 1 is 0.776 bits per heavy atom. The van der Waals surface area contributed by atoms with Crippen molar-refractivity contribution in [1.29, 1.82) is 0 Å². The average molecular weight is 679 g/mol. The van der Waals surface area contributed by atoms with Gasteiger partial charge in [0.15, 0.2) is 0 Å². The molecule has 0 fully saturated rings. The third kappa shape index (κ3) is 11.5. The zero-order valence-corrected chi connectivity index (χ0v) is 27.2. The first kappa shape index (κ1) is 37.8. The molecule has 3 amide bonds. The summed E-state index contributed by atoms with van der Waals surface area (Å²) in [6.45, 7) is 6.30. The SMILES string of the molecule is COc1ccc(NC(=O)c2ccc(NC(=O)[C@@H](N)Cc3ccccc3)cc2NC(=O)c2ccc(C(C)(C)C)cc2)cc1.O=C(O)C(F)(F)F. The Balaban J connectivity index is 0.000000838. The molecule has 0 heterocycles. The Labute approximate surface area is 281 Å². The molecule has 0 saturated carbocycles. The van der Waals surface area contributed by atoms with E-state index in [1.165, 1.54) is 0 Å². The van der Waals surface area contributed by atoms with E-state index >= 15 is 0 Å². The van der Waals surface area contributed by atoms with E-state index in [1.807, 2.05) is 42.5 Å². The molecule has 0 aromatic heterocycles. The number of benzene rings is 4. The molecule has 1 atom stereocenters. The van der Waals surface area contributed by atoms with E-state index in [-0.39, 0.29) is 22.6 Å². The maximum atomic E-state index is 13.3. The van der Waals surface area contributed by atoms with Crippen LogP contribution in [0.2, 0.25) is 0 Å². The van der Waals surface area contributed by atoms with E-state index in [0.717, 1.165) is 11.1 Å². The number of carboxylic acid groups (broad SMARTS) is 1. The van der Waals surface area contributed by atoms with Gasteiger partial charge >= 0.3 is 12.1 Å². The van der Waals surface area contributed by atoms with E-state index in [0.29, 0.717) is 29.1 Å². The Morgan fingerprint density at radius 2 is 1.35 bits per heavy atom. The number of alkyl halides is 3. The van der Waals surface area contributed by atoms with Crippen molar-refractivity contribution in [3.8, 4) is 5.75 Å². The fourth-order valence-electron chi connectivity index (χ4n) is 4.31. The number of nitrogens with two attached hydrogens (primary N) is 1. The number of halogens is 3. The number of hydrogen-bond acceptors (Lipinski definition) is 6. The first-order valence-corrected chi connectivity index (χ1v) is 14.9. The number of hydrogen-bond donors (Lipinski definition) is 5. The highest BCUT2D eigenvalue weighted by atomic mass is 19.4. The lowest BCUT2D eigenvalue weighted by Crippen LogP contribution is -2.37. The van der Waals surface area contributed by atoms with Gasteiger partial charge in [-0.1, -0.05) is 63.2 Å². The van der Waals surface area contributed by atoms with Gasteiger partial charge in [0, 0.05) is 16.9 Å². The maximum Gasteiger partial charge on any atom is 0.490 e. The summed E-state index contributed by atoms with van der Waals surface area (Å²) in [5, 5.41) is 15.6. The number of carboxylic acids is 1. The lowest BCUT2D eigenvalue weighted by molar-refractivity contribution is -0.192. The molecule has 13 heteroatoms. The second kappa shape index (κ2) is 16.4. The van der Waals surface area contributed by atoms with Gasteiger partial charge in [-0.2, -0.15) is 13.2 Å². The van der Waals surface area contributed by atoms with Gasteiger partial charge in [-0.05, 0) is 77.6 Å². The van der Waals surface area contributed by atoms with Crippen LogP contribution < -0.4 is 26.4 Å². The van der Waals surface area contributed by atoms with Crippen molar-refractivity contribution in [3.63, 3.8) is 0 Å². The van der Waals surface area contributed by atoms with Crippen LogP contribution >= 0.6 is 0 Å². The van der Waals surface area contributed by atoms with Gasteiger partial charge in [0.25, 0.3) is 11.8 Å². The van der Waals surface area contributed by atoms with Crippen LogP contribution in [0.25, 0.3) is 0 Å². The molecule has 258 valence electrons. The summed E-state index contributed by atoms with van der Waals surface area (Å²) in [4.78, 5) is 48.3. The van der Waals surface area contributed by atoms with Crippen LogP contribution in [-0.4, -0.2) is 48.1 Å². The third-order valence-corrected chi connectivity index (χ3v) is 7.02. The highest BCUT2D eigenvalue weighted by Crippen LogP contribution is 2.26. The summed E-state index contributed by atoms with van der Waals surface area (Å²) in [5.74, 6) is -3.31. The monoisotopic (exact) mass is 678 g/mol. The Kier molecular flexibility index (Phi) is 12.7. The van der Waals surface area contributed by atoms with Crippen molar-refractivity contribution < 1.29 is 42.2 Å². The minimum Gasteiger partial charge on any atom is -0.497 e. The van der Waals surface area contributed by atoms with Crippen molar-refractivity contribution in [1.82, 2.24) is 0 Å². The van der Waals surface area contributed by atoms with Crippen molar-refractivity contribution in [2.24, 2.45) is 5.73 Å². The van der Waals surface area contributed by atoms with Gasteiger partial charge in [0.05, 0.1) is 24.4 Å². The van der Waals surface area contributed by atoms with Gasteiger partial charge in [-0.3, -0.25) is 14.4 Å². The molecule has 0 aliphatic carbocycles. The largest absolute Gasteiger partial charge is 0.497 e. The number of carbonyl (C=O) groups is 4. The van der Waals surface area contributed by atoms with Gasteiger partial charge < -0.3 is 31.5 Å². The average Bonchev–Trinajstić information content (AvgIpc) is 3.05. The lowest BCUT2D eigenvalue weighted by Gasteiger charge is -2.19. The molecule has 0 saturated heterocycles. The summed E-state index contributed by atoms with van der Waals surface area (Å²) in [6.07, 6.45) is -4.72. The summed E-state index contributed by atoms with van der Waals surface area (Å²) < 4.78 is 36.9. The van der Waals surface area contributed by atoms with Crippen molar-refractivity contribution in [2.45, 2.75) is 44.8 Å². The van der Waals surface area contributed by atoms with Crippen molar-refractivity contribution in [3.05, 3.63) is 119 Å². The van der Waals surface area contributed by atoms with Crippen LogP contribution in [0.4, 0.5) is 30.2 Å². The third-order valence-electron chi connectivity index (χ3n) is 7.02. The van der Waals surface area contributed by atoms with Crippen molar-refractivity contribution in [2.75, 3.05) is 23.1 Å². The number of carbonyl (C=O) groups excluding carboxylic acids is 3. The molecule has 0 aliphatic rings. The lowest BCUT2D eigenvalue weighted by atomic mass is 9.86. The number of methoxy groups -OCH3 is 1. The first-order valence-electron chi connectivity index (χ1n) is 14.9.